The smallest absolute Gasteiger partial charge is 0.264 e. The number of nitrogens with zero attached hydrogens (tertiary/aromatic N) is 2. The predicted molar refractivity (Wildman–Crippen MR) is 72.7 cm³/mol. The van der Waals surface area contributed by atoms with Gasteiger partial charge in [-0.05, 0) is 31.8 Å². The molecule has 0 amide bonds. The zero-order valence-electron chi connectivity index (χ0n) is 11.8. The molecule has 7 nitrogen and oxygen atoms in total. The quantitative estimate of drug-likeness (QED) is 0.773. The maximum Gasteiger partial charge on any atom is 0.264 e. The van der Waals surface area contributed by atoms with Gasteiger partial charge in [-0.3, -0.25) is 4.18 Å². The van der Waals surface area contributed by atoms with E-state index in [1.807, 2.05) is 0 Å². The second kappa shape index (κ2) is 6.19. The average Bonchev–Trinajstić information content (AvgIpc) is 2.92. The molecular formula is C12H21N3O4S. The maximum atomic E-state index is 11.1. The van der Waals surface area contributed by atoms with Gasteiger partial charge >= 0.3 is 0 Å². The van der Waals surface area contributed by atoms with Gasteiger partial charge in [-0.1, -0.05) is 13.3 Å². The lowest BCUT2D eigenvalue weighted by molar-refractivity contribution is 0.118. The van der Waals surface area contributed by atoms with Crippen LogP contribution in [0.15, 0.2) is 10.7 Å². The van der Waals surface area contributed by atoms with Crippen molar-refractivity contribution in [2.75, 3.05) is 26.0 Å². The summed E-state index contributed by atoms with van der Waals surface area (Å²) in [6.07, 6.45) is 5.10. The van der Waals surface area contributed by atoms with Gasteiger partial charge in [-0.15, -0.1) is 5.10 Å². The maximum absolute atomic E-state index is 11.1. The molecule has 0 saturated carbocycles. The number of piperidine rings is 1. The van der Waals surface area contributed by atoms with E-state index >= 15 is 0 Å². The lowest BCUT2D eigenvalue weighted by atomic mass is 9.66. The van der Waals surface area contributed by atoms with Crippen molar-refractivity contribution in [2.45, 2.75) is 31.6 Å². The summed E-state index contributed by atoms with van der Waals surface area (Å²) in [4.78, 5) is 0. The van der Waals surface area contributed by atoms with E-state index in [0.717, 1.165) is 37.9 Å². The highest BCUT2D eigenvalue weighted by atomic mass is 32.2. The van der Waals surface area contributed by atoms with E-state index in [4.69, 9.17) is 8.71 Å². The van der Waals surface area contributed by atoms with Crippen LogP contribution < -0.4 is 5.32 Å². The Morgan fingerprint density at radius 1 is 1.60 bits per heavy atom. The molecule has 0 aromatic carbocycles. The molecule has 1 fully saturated rings. The Morgan fingerprint density at radius 2 is 2.40 bits per heavy atom. The Bertz CT molecular complexity index is 517. The van der Waals surface area contributed by atoms with Gasteiger partial charge in [-0.25, -0.2) is 0 Å². The van der Waals surface area contributed by atoms with Crippen LogP contribution in [-0.2, 0) is 19.7 Å². The summed E-state index contributed by atoms with van der Waals surface area (Å²) in [5.41, 5.74) is -0.256. The van der Waals surface area contributed by atoms with Crippen molar-refractivity contribution in [2.24, 2.45) is 5.92 Å². The van der Waals surface area contributed by atoms with Crippen LogP contribution in [0.4, 0.5) is 0 Å². The Balaban J connectivity index is 2.20. The van der Waals surface area contributed by atoms with Crippen molar-refractivity contribution in [3.05, 3.63) is 12.0 Å². The van der Waals surface area contributed by atoms with Crippen LogP contribution in [0, 0.1) is 5.92 Å². The minimum atomic E-state index is -3.42. The fourth-order valence-corrected chi connectivity index (χ4v) is 3.45. The van der Waals surface area contributed by atoms with Crippen LogP contribution in [0.5, 0.6) is 0 Å². The third-order valence-electron chi connectivity index (χ3n) is 4.11. The fraction of sp³-hybridized carbons (Fsp3) is 0.833. The molecule has 1 aliphatic rings. The van der Waals surface area contributed by atoms with E-state index in [0.29, 0.717) is 12.3 Å². The van der Waals surface area contributed by atoms with E-state index in [1.54, 1.807) is 6.20 Å². The Labute approximate surface area is 119 Å². The molecule has 1 N–H and O–H groups in total. The molecule has 2 atom stereocenters. The van der Waals surface area contributed by atoms with E-state index in [1.165, 1.54) is 0 Å². The first-order chi connectivity index (χ1) is 9.48. The van der Waals surface area contributed by atoms with Crippen LogP contribution >= 0.6 is 0 Å². The molecule has 8 heteroatoms. The van der Waals surface area contributed by atoms with E-state index in [9.17, 15) is 8.42 Å². The Morgan fingerprint density at radius 3 is 3.00 bits per heavy atom. The normalized spacial score (nSPS) is 27.6. The summed E-state index contributed by atoms with van der Waals surface area (Å²) in [6, 6.07) is 0. The molecular weight excluding hydrogens is 282 g/mol. The molecule has 2 heterocycles. The zero-order chi connectivity index (χ0) is 14.6. The van der Waals surface area contributed by atoms with Crippen LogP contribution in [0.1, 0.15) is 31.9 Å². The lowest BCUT2D eigenvalue weighted by Gasteiger charge is -2.42. The second-order valence-corrected chi connectivity index (χ2v) is 6.92. The van der Waals surface area contributed by atoms with Crippen LogP contribution in [-0.4, -0.2) is 44.7 Å². The number of aromatic nitrogens is 2. The van der Waals surface area contributed by atoms with Gasteiger partial charge in [0.05, 0.1) is 19.1 Å². The van der Waals surface area contributed by atoms with Crippen molar-refractivity contribution in [1.82, 2.24) is 15.7 Å². The summed E-state index contributed by atoms with van der Waals surface area (Å²) in [5.74, 6) is 1.07. The minimum absolute atomic E-state index is 0.149. The number of nitrogens with one attached hydrogen (secondary N) is 1. The standard InChI is InChI=1S/C12H21N3O4S/c1-3-10-8-13-6-4-12(10,11-9-14-15-19-11)5-7-18-20(2,16)17/h9-10,13H,3-8H2,1-2H3/t10?,12-/m1/s1. The molecule has 0 aliphatic carbocycles. The highest BCUT2D eigenvalue weighted by Gasteiger charge is 2.44. The van der Waals surface area contributed by atoms with Crippen LogP contribution in [0.25, 0.3) is 0 Å². The molecule has 1 aromatic rings. The van der Waals surface area contributed by atoms with Gasteiger partial charge in [-0.2, -0.15) is 8.42 Å². The zero-order valence-corrected chi connectivity index (χ0v) is 12.6. The summed E-state index contributed by atoms with van der Waals surface area (Å²) in [5, 5.41) is 10.7. The first kappa shape index (κ1) is 15.4. The van der Waals surface area contributed by atoms with Crippen molar-refractivity contribution >= 4 is 10.1 Å². The monoisotopic (exact) mass is 303 g/mol. The van der Waals surface area contributed by atoms with E-state index in [2.05, 4.69) is 22.6 Å². The van der Waals surface area contributed by atoms with Gasteiger partial charge in [0.2, 0.25) is 0 Å². The highest BCUT2D eigenvalue weighted by Crippen LogP contribution is 2.42. The molecule has 1 aliphatic heterocycles. The third-order valence-corrected chi connectivity index (χ3v) is 4.71. The molecule has 20 heavy (non-hydrogen) atoms. The predicted octanol–water partition coefficient (Wildman–Crippen LogP) is 0.693. The van der Waals surface area contributed by atoms with E-state index in [-0.39, 0.29) is 12.0 Å². The number of hydrogen-bond acceptors (Lipinski definition) is 7. The first-order valence-electron chi connectivity index (χ1n) is 6.81. The summed E-state index contributed by atoms with van der Waals surface area (Å²) in [7, 11) is -3.42. The summed E-state index contributed by atoms with van der Waals surface area (Å²) >= 11 is 0. The third kappa shape index (κ3) is 3.36. The molecule has 114 valence electrons. The van der Waals surface area contributed by atoms with Crippen LogP contribution in [0.2, 0.25) is 0 Å². The van der Waals surface area contributed by atoms with Gasteiger partial charge in [0, 0.05) is 10.7 Å². The summed E-state index contributed by atoms with van der Waals surface area (Å²) in [6.45, 7) is 4.00. The minimum Gasteiger partial charge on any atom is -0.342 e. The number of rotatable bonds is 6. The van der Waals surface area contributed by atoms with Crippen molar-refractivity contribution in [1.29, 1.82) is 0 Å². The van der Waals surface area contributed by atoms with Crippen molar-refractivity contribution < 1.29 is 17.1 Å². The van der Waals surface area contributed by atoms with Crippen LogP contribution in [0.3, 0.4) is 0 Å². The topological polar surface area (TPSA) is 94.3 Å². The highest BCUT2D eigenvalue weighted by molar-refractivity contribution is 7.85. The van der Waals surface area contributed by atoms with E-state index < -0.39 is 10.1 Å². The fourth-order valence-electron chi connectivity index (χ4n) is 3.06. The van der Waals surface area contributed by atoms with Gasteiger partial charge in [0.15, 0.2) is 5.76 Å². The molecule has 1 saturated heterocycles. The van der Waals surface area contributed by atoms with Crippen molar-refractivity contribution in [3.8, 4) is 0 Å². The Kier molecular flexibility index (Phi) is 4.77. The lowest BCUT2D eigenvalue weighted by Crippen LogP contribution is -2.48. The average molecular weight is 303 g/mol. The largest absolute Gasteiger partial charge is 0.342 e. The summed E-state index contributed by atoms with van der Waals surface area (Å²) < 4.78 is 32.5. The molecule has 1 unspecified atom stereocenters. The molecule has 2 rings (SSSR count). The molecule has 0 spiro atoms. The van der Waals surface area contributed by atoms with Gasteiger partial charge in [0.1, 0.15) is 0 Å². The Hall–Kier alpha value is -0.990. The first-order valence-corrected chi connectivity index (χ1v) is 8.62. The second-order valence-electron chi connectivity index (χ2n) is 5.27. The number of hydrogen-bond donors (Lipinski definition) is 1. The SMILES string of the molecule is CCC1CNCC[C@]1(CCOS(C)(=O)=O)c1cnno1. The van der Waals surface area contributed by atoms with Gasteiger partial charge < -0.3 is 9.84 Å². The van der Waals surface area contributed by atoms with Gasteiger partial charge in [0.25, 0.3) is 10.1 Å². The molecule has 1 aromatic heterocycles. The van der Waals surface area contributed by atoms with Crippen molar-refractivity contribution in [3.63, 3.8) is 0 Å². The molecule has 0 radical (unpaired) electrons. The molecule has 0 bridgehead atoms.